The molecule has 5 fully saturated rings. The number of nitrogens with zero attached hydrogens (tertiary/aromatic N) is 2. The lowest BCUT2D eigenvalue weighted by Crippen LogP contribution is -2.59. The third kappa shape index (κ3) is 7.23. The van der Waals surface area contributed by atoms with Crippen LogP contribution in [0.5, 0.6) is 5.88 Å². The molecule has 54 heavy (non-hydrogen) atoms. The zero-order chi connectivity index (χ0) is 37.8. The van der Waals surface area contributed by atoms with Gasteiger partial charge in [0, 0.05) is 30.3 Å². The standard InChI is InChI=1S/C39H49N5O9S/c1-2-26-21-39(26,37(48)42-54(50,51)28-15-16-28)41-34(45)30-20-27-22-44(30)36(47)33(23-10-5-6-11-23)40-38(49)53-31-18-25(31)13-4-3-9-17-43-32(52-27)19-24-12-7-8-14-29(24)35(43)46/h2,7-8,12,14,19,23,25-28,30-31,33H,1,3-6,9-11,13,15-18,20-22H2,(H,40,49)(H,41,45)(H,42,48)/t25-,26+,27-,30+,31-,33+,39-/m1/s1. The van der Waals surface area contributed by atoms with Crippen LogP contribution < -0.4 is 25.7 Å². The van der Waals surface area contributed by atoms with E-state index >= 15 is 0 Å². The minimum absolute atomic E-state index is 0.0251. The smallest absolute Gasteiger partial charge is 0.408 e. The van der Waals surface area contributed by atoms with Crippen molar-refractivity contribution in [2.75, 3.05) is 6.54 Å². The molecule has 1 aromatic carbocycles. The second-order valence-corrected chi connectivity index (χ2v) is 18.1. The molecule has 3 N–H and O–H groups in total. The third-order valence-electron chi connectivity index (χ3n) is 12.3. The van der Waals surface area contributed by atoms with E-state index in [0.29, 0.717) is 36.0 Å². The Morgan fingerprint density at radius 1 is 0.944 bits per heavy atom. The van der Waals surface area contributed by atoms with E-state index in [-0.39, 0.29) is 42.9 Å². The Labute approximate surface area is 314 Å². The van der Waals surface area contributed by atoms with Crippen LogP contribution in [0.2, 0.25) is 0 Å². The predicted molar refractivity (Wildman–Crippen MR) is 198 cm³/mol. The summed E-state index contributed by atoms with van der Waals surface area (Å²) in [7, 11) is -3.90. The van der Waals surface area contributed by atoms with E-state index in [1.54, 1.807) is 10.6 Å². The van der Waals surface area contributed by atoms with Gasteiger partial charge in [0.25, 0.3) is 11.5 Å². The van der Waals surface area contributed by atoms with Crippen LogP contribution >= 0.6 is 0 Å². The molecule has 4 saturated carbocycles. The molecule has 1 aromatic heterocycles. The number of hydrogen-bond donors (Lipinski definition) is 3. The van der Waals surface area contributed by atoms with Gasteiger partial charge in [0.2, 0.25) is 21.8 Å². The number of rotatable bonds is 7. The molecule has 2 bridgehead atoms. The number of hydrogen-bond acceptors (Lipinski definition) is 9. The van der Waals surface area contributed by atoms with Gasteiger partial charge in [0.05, 0.1) is 11.8 Å². The fourth-order valence-corrected chi connectivity index (χ4v) is 10.2. The van der Waals surface area contributed by atoms with Crippen LogP contribution in [0.3, 0.4) is 0 Å². The van der Waals surface area contributed by atoms with Crippen molar-refractivity contribution in [2.45, 2.75) is 125 Å². The van der Waals surface area contributed by atoms with Gasteiger partial charge in [-0.1, -0.05) is 50.0 Å². The second-order valence-electron chi connectivity index (χ2n) is 16.1. The highest BCUT2D eigenvalue weighted by molar-refractivity contribution is 7.91. The van der Waals surface area contributed by atoms with Gasteiger partial charge in [0.1, 0.15) is 29.8 Å². The summed E-state index contributed by atoms with van der Waals surface area (Å²) in [5.41, 5.74) is -1.73. The van der Waals surface area contributed by atoms with Crippen molar-refractivity contribution in [3.8, 4) is 5.88 Å². The number of ether oxygens (including phenoxy) is 2. The first kappa shape index (κ1) is 36.6. The van der Waals surface area contributed by atoms with Gasteiger partial charge >= 0.3 is 6.09 Å². The molecular weight excluding hydrogens is 715 g/mol. The lowest BCUT2D eigenvalue weighted by atomic mass is 9.96. The highest BCUT2D eigenvalue weighted by atomic mass is 32.2. The van der Waals surface area contributed by atoms with E-state index in [0.717, 1.165) is 57.8 Å². The van der Waals surface area contributed by atoms with Gasteiger partial charge in [-0.2, -0.15) is 0 Å². The summed E-state index contributed by atoms with van der Waals surface area (Å²) in [6.45, 7) is 4.18. The normalized spacial score (nSPS) is 31.8. The van der Waals surface area contributed by atoms with E-state index in [1.807, 2.05) is 24.3 Å². The average molecular weight is 764 g/mol. The number of fused-ring (bicyclic) bond motifs is 5. The van der Waals surface area contributed by atoms with Crippen LogP contribution in [0, 0.1) is 17.8 Å². The van der Waals surface area contributed by atoms with Crippen LogP contribution in [-0.2, 0) is 35.7 Å². The molecule has 0 radical (unpaired) electrons. The molecule has 290 valence electrons. The number of amides is 4. The van der Waals surface area contributed by atoms with E-state index in [4.69, 9.17) is 9.47 Å². The van der Waals surface area contributed by atoms with Gasteiger partial charge in [-0.3, -0.25) is 28.5 Å². The van der Waals surface area contributed by atoms with Crippen molar-refractivity contribution in [3.63, 3.8) is 0 Å². The molecule has 1 saturated heterocycles. The van der Waals surface area contributed by atoms with E-state index < -0.39 is 68.7 Å². The Morgan fingerprint density at radius 2 is 1.69 bits per heavy atom. The van der Waals surface area contributed by atoms with Gasteiger partial charge in [-0.25, -0.2) is 13.2 Å². The summed E-state index contributed by atoms with van der Waals surface area (Å²) in [6, 6.07) is 7.03. The van der Waals surface area contributed by atoms with E-state index in [9.17, 15) is 32.4 Å². The van der Waals surface area contributed by atoms with Gasteiger partial charge < -0.3 is 25.0 Å². The number of benzene rings is 1. The Kier molecular flexibility index (Phi) is 9.72. The highest BCUT2D eigenvalue weighted by Gasteiger charge is 2.62. The molecule has 0 spiro atoms. The van der Waals surface area contributed by atoms with Crippen molar-refractivity contribution in [2.24, 2.45) is 17.8 Å². The summed E-state index contributed by atoms with van der Waals surface area (Å²) < 4.78 is 41.7. The summed E-state index contributed by atoms with van der Waals surface area (Å²) in [6.07, 6.45) is 8.42. The summed E-state index contributed by atoms with van der Waals surface area (Å²) in [5.74, 6) is -2.04. The van der Waals surface area contributed by atoms with Crippen LogP contribution in [0.15, 0.2) is 47.8 Å². The second kappa shape index (κ2) is 14.3. The molecule has 4 amide bonds. The van der Waals surface area contributed by atoms with Gasteiger partial charge in [0.15, 0.2) is 5.88 Å². The zero-order valence-corrected chi connectivity index (χ0v) is 31.2. The topological polar surface area (TPSA) is 182 Å². The lowest BCUT2D eigenvalue weighted by molar-refractivity contribution is -0.142. The van der Waals surface area contributed by atoms with Gasteiger partial charge in [-0.05, 0) is 74.7 Å². The number of sulfonamides is 1. The minimum Gasteiger partial charge on any atom is -0.473 e. The van der Waals surface area contributed by atoms with Crippen molar-refractivity contribution in [3.05, 3.63) is 53.3 Å². The number of alkyl carbamates (subject to hydrolysis) is 1. The molecular formula is C39H49N5O9S. The molecule has 2 aromatic rings. The molecule has 8 rings (SSSR count). The number of pyridine rings is 1. The number of carbonyl (C=O) groups is 4. The maximum atomic E-state index is 14.7. The zero-order valence-electron chi connectivity index (χ0n) is 30.4. The molecule has 14 nitrogen and oxygen atoms in total. The Morgan fingerprint density at radius 3 is 2.43 bits per heavy atom. The van der Waals surface area contributed by atoms with Gasteiger partial charge in [-0.15, -0.1) is 6.58 Å². The maximum absolute atomic E-state index is 14.7. The molecule has 3 heterocycles. The highest BCUT2D eigenvalue weighted by Crippen LogP contribution is 2.46. The molecule has 0 unspecified atom stereocenters. The van der Waals surface area contributed by atoms with Crippen LogP contribution in [0.1, 0.15) is 83.5 Å². The lowest BCUT2D eigenvalue weighted by Gasteiger charge is -2.32. The average Bonchev–Trinajstić information content (AvgIpc) is 4.11. The number of aromatic nitrogens is 1. The quantitative estimate of drug-likeness (QED) is 0.357. The maximum Gasteiger partial charge on any atom is 0.408 e. The Balaban J connectivity index is 1.12. The molecule has 2 aliphatic heterocycles. The Bertz CT molecular complexity index is 2020. The molecule has 6 aliphatic rings. The summed E-state index contributed by atoms with van der Waals surface area (Å²) in [4.78, 5) is 71.2. The monoisotopic (exact) mass is 763 g/mol. The molecule has 7 atom stereocenters. The Hall–Kier alpha value is -4.40. The van der Waals surface area contributed by atoms with Crippen LogP contribution in [0.25, 0.3) is 10.8 Å². The first-order valence-electron chi connectivity index (χ1n) is 19.5. The number of nitrogens with one attached hydrogen (secondary N) is 3. The SMILES string of the molecule is C=C[C@H]1C[C@]1(NC(=O)[C@@H]1C[C@@H]2CN1C(=O)[C@H](C1CCCC1)NC(=O)O[C@@H]1C[C@H]1CCCCCn1c(cc3ccccc3c1=O)O2)C(=O)NS(=O)(=O)C1CC1. The van der Waals surface area contributed by atoms with Crippen molar-refractivity contribution < 1.29 is 37.1 Å². The van der Waals surface area contributed by atoms with Crippen LogP contribution in [0.4, 0.5) is 4.79 Å². The van der Waals surface area contributed by atoms with Crippen LogP contribution in [-0.4, -0.2) is 83.3 Å². The van der Waals surface area contributed by atoms with E-state index in [2.05, 4.69) is 21.9 Å². The fourth-order valence-electron chi connectivity index (χ4n) is 8.82. The number of carbonyl (C=O) groups excluding carboxylic acids is 4. The fraction of sp³-hybridized carbons (Fsp3) is 0.615. The first-order chi connectivity index (χ1) is 26.0. The predicted octanol–water partition coefficient (Wildman–Crippen LogP) is 3.27. The molecule has 15 heteroatoms. The summed E-state index contributed by atoms with van der Waals surface area (Å²) >= 11 is 0. The minimum atomic E-state index is -3.90. The van der Waals surface area contributed by atoms with Crippen molar-refractivity contribution in [1.29, 1.82) is 0 Å². The largest absolute Gasteiger partial charge is 0.473 e. The van der Waals surface area contributed by atoms with E-state index in [1.165, 1.54) is 11.0 Å². The molecule has 4 aliphatic carbocycles. The van der Waals surface area contributed by atoms with Crippen molar-refractivity contribution in [1.82, 2.24) is 24.8 Å². The third-order valence-corrected chi connectivity index (χ3v) is 14.2. The first-order valence-corrected chi connectivity index (χ1v) is 21.1. The van der Waals surface area contributed by atoms with Crippen molar-refractivity contribution >= 4 is 44.6 Å². The summed E-state index contributed by atoms with van der Waals surface area (Å²) in [5, 5.41) is 6.34.